The van der Waals surface area contributed by atoms with Crippen molar-refractivity contribution in [1.29, 1.82) is 0 Å². The summed E-state index contributed by atoms with van der Waals surface area (Å²) in [6.45, 7) is 3.41. The van der Waals surface area contributed by atoms with Crippen molar-refractivity contribution in [3.05, 3.63) is 29.3 Å². The van der Waals surface area contributed by atoms with Gasteiger partial charge in [-0.25, -0.2) is 9.59 Å². The van der Waals surface area contributed by atoms with E-state index in [-0.39, 0.29) is 12.1 Å². The smallest absolute Gasteiger partial charge is 0.336 e. The Kier molecular flexibility index (Phi) is 4.88. The van der Waals surface area contributed by atoms with Crippen LogP contribution >= 0.6 is 0 Å². The first-order chi connectivity index (χ1) is 8.82. The summed E-state index contributed by atoms with van der Waals surface area (Å²) in [5.41, 5.74) is 1.09. The maximum absolute atomic E-state index is 11.8. The molecule has 1 aromatic carbocycles. The van der Waals surface area contributed by atoms with Crippen molar-refractivity contribution in [2.45, 2.75) is 20.0 Å². The molecule has 0 aromatic heterocycles. The number of aliphatic hydroxyl groups is 1. The van der Waals surface area contributed by atoms with Gasteiger partial charge < -0.3 is 20.4 Å². The van der Waals surface area contributed by atoms with E-state index < -0.39 is 18.1 Å². The number of aliphatic hydroxyl groups excluding tert-OH is 1. The molecule has 0 saturated carbocycles. The number of nitrogens with one attached hydrogen (secondary N) is 1. The molecule has 1 atom stereocenters. The van der Waals surface area contributed by atoms with Gasteiger partial charge in [0.15, 0.2) is 0 Å². The van der Waals surface area contributed by atoms with E-state index >= 15 is 0 Å². The lowest BCUT2D eigenvalue weighted by Crippen LogP contribution is -2.36. The van der Waals surface area contributed by atoms with Crippen molar-refractivity contribution in [2.75, 3.05) is 18.9 Å². The van der Waals surface area contributed by atoms with Crippen LogP contribution in [-0.4, -0.2) is 46.8 Å². The quantitative estimate of drug-likeness (QED) is 0.771. The number of aromatic carboxylic acids is 1. The number of carbonyl (C=O) groups is 2. The zero-order valence-electron chi connectivity index (χ0n) is 11.2. The van der Waals surface area contributed by atoms with Gasteiger partial charge in [0.05, 0.1) is 11.7 Å². The molecular formula is C13H18N2O4. The Morgan fingerprint density at radius 2 is 2.05 bits per heavy atom. The Bertz CT molecular complexity index is 486. The minimum atomic E-state index is -1.04. The van der Waals surface area contributed by atoms with E-state index in [0.29, 0.717) is 11.3 Å². The van der Waals surface area contributed by atoms with Crippen molar-refractivity contribution in [2.24, 2.45) is 0 Å². The predicted molar refractivity (Wildman–Crippen MR) is 71.5 cm³/mol. The SMILES string of the molecule is Cc1c(NC(=O)N(C)CC(C)O)cccc1C(=O)O. The fraction of sp³-hybridized carbons (Fsp3) is 0.385. The van der Waals surface area contributed by atoms with Crippen LogP contribution in [0.4, 0.5) is 10.5 Å². The van der Waals surface area contributed by atoms with Gasteiger partial charge in [-0.1, -0.05) is 6.07 Å². The van der Waals surface area contributed by atoms with Crippen LogP contribution in [0, 0.1) is 6.92 Å². The van der Waals surface area contributed by atoms with Gasteiger partial charge in [0.25, 0.3) is 0 Å². The van der Waals surface area contributed by atoms with Gasteiger partial charge in [0, 0.05) is 19.3 Å². The number of hydrogen-bond acceptors (Lipinski definition) is 3. The molecule has 0 fully saturated rings. The van der Waals surface area contributed by atoms with E-state index in [1.165, 1.54) is 11.0 Å². The number of amides is 2. The molecule has 2 amide bonds. The number of carboxylic acid groups (broad SMARTS) is 1. The molecule has 0 radical (unpaired) electrons. The van der Waals surface area contributed by atoms with Crippen LogP contribution in [0.1, 0.15) is 22.8 Å². The molecule has 6 nitrogen and oxygen atoms in total. The number of likely N-dealkylation sites (N-methyl/N-ethyl adjacent to an activating group) is 1. The summed E-state index contributed by atoms with van der Waals surface area (Å²) >= 11 is 0. The normalized spacial score (nSPS) is 11.8. The summed E-state index contributed by atoms with van der Waals surface area (Å²) in [5.74, 6) is -1.04. The fourth-order valence-corrected chi connectivity index (χ4v) is 1.69. The molecule has 0 aliphatic rings. The molecule has 0 bridgehead atoms. The molecule has 0 aliphatic heterocycles. The molecular weight excluding hydrogens is 248 g/mol. The highest BCUT2D eigenvalue weighted by molar-refractivity contribution is 5.95. The summed E-state index contributed by atoms with van der Waals surface area (Å²) in [6, 6.07) is 4.29. The van der Waals surface area contributed by atoms with Crippen molar-refractivity contribution >= 4 is 17.7 Å². The van der Waals surface area contributed by atoms with Gasteiger partial charge in [-0.15, -0.1) is 0 Å². The summed E-state index contributed by atoms with van der Waals surface area (Å²) in [6.07, 6.45) is -0.623. The number of carboxylic acids is 1. The fourth-order valence-electron chi connectivity index (χ4n) is 1.69. The third-order valence-corrected chi connectivity index (χ3v) is 2.69. The monoisotopic (exact) mass is 266 g/mol. The summed E-state index contributed by atoms with van der Waals surface area (Å²) in [5, 5.41) is 20.8. The minimum absolute atomic E-state index is 0.149. The van der Waals surface area contributed by atoms with E-state index in [9.17, 15) is 14.7 Å². The first-order valence-corrected chi connectivity index (χ1v) is 5.86. The highest BCUT2D eigenvalue weighted by Gasteiger charge is 2.14. The number of carbonyl (C=O) groups excluding carboxylic acids is 1. The first-order valence-electron chi connectivity index (χ1n) is 5.86. The van der Waals surface area contributed by atoms with Crippen molar-refractivity contribution in [3.63, 3.8) is 0 Å². The molecule has 1 rings (SSSR count). The third kappa shape index (κ3) is 3.96. The number of nitrogens with zero attached hydrogens (tertiary/aromatic N) is 1. The standard InChI is InChI=1S/C13H18N2O4/c1-8(16)7-15(3)13(19)14-11-6-4-5-10(9(11)2)12(17)18/h4-6,8,16H,7H2,1-3H3,(H,14,19)(H,17,18). The van der Waals surface area contributed by atoms with Crippen molar-refractivity contribution in [3.8, 4) is 0 Å². The van der Waals surface area contributed by atoms with Crippen molar-refractivity contribution in [1.82, 2.24) is 4.90 Å². The lowest BCUT2D eigenvalue weighted by atomic mass is 10.1. The molecule has 19 heavy (non-hydrogen) atoms. The lowest BCUT2D eigenvalue weighted by Gasteiger charge is -2.20. The zero-order chi connectivity index (χ0) is 14.6. The second-order valence-electron chi connectivity index (χ2n) is 4.44. The van der Waals surface area contributed by atoms with Crippen LogP contribution in [0.5, 0.6) is 0 Å². The topological polar surface area (TPSA) is 89.9 Å². The van der Waals surface area contributed by atoms with Gasteiger partial charge in [-0.3, -0.25) is 0 Å². The van der Waals surface area contributed by atoms with E-state index in [1.54, 1.807) is 33.0 Å². The van der Waals surface area contributed by atoms with Crippen LogP contribution in [0.2, 0.25) is 0 Å². The molecule has 0 spiro atoms. The largest absolute Gasteiger partial charge is 0.478 e. The summed E-state index contributed by atoms with van der Waals surface area (Å²) in [7, 11) is 1.55. The lowest BCUT2D eigenvalue weighted by molar-refractivity contribution is 0.0696. The second kappa shape index (κ2) is 6.19. The van der Waals surface area contributed by atoms with Crippen LogP contribution in [0.15, 0.2) is 18.2 Å². The van der Waals surface area contributed by atoms with Gasteiger partial charge >= 0.3 is 12.0 Å². The van der Waals surface area contributed by atoms with Crippen LogP contribution in [0.3, 0.4) is 0 Å². The van der Waals surface area contributed by atoms with Gasteiger partial charge in [-0.05, 0) is 31.5 Å². The highest BCUT2D eigenvalue weighted by atomic mass is 16.4. The first kappa shape index (κ1) is 15.0. The van der Waals surface area contributed by atoms with Crippen LogP contribution in [0.25, 0.3) is 0 Å². The number of urea groups is 1. The molecule has 0 saturated heterocycles. The number of anilines is 1. The second-order valence-corrected chi connectivity index (χ2v) is 4.44. The van der Waals surface area contributed by atoms with Crippen molar-refractivity contribution < 1.29 is 19.8 Å². The number of benzene rings is 1. The van der Waals surface area contributed by atoms with Gasteiger partial charge in [0.1, 0.15) is 0 Å². The molecule has 3 N–H and O–H groups in total. The number of rotatable bonds is 4. The minimum Gasteiger partial charge on any atom is -0.478 e. The van der Waals surface area contributed by atoms with E-state index in [4.69, 9.17) is 5.11 Å². The Hall–Kier alpha value is -2.08. The molecule has 1 aromatic rings. The summed E-state index contributed by atoms with van der Waals surface area (Å²) in [4.78, 5) is 24.2. The van der Waals surface area contributed by atoms with Gasteiger partial charge in [-0.2, -0.15) is 0 Å². The van der Waals surface area contributed by atoms with Gasteiger partial charge in [0.2, 0.25) is 0 Å². The maximum atomic E-state index is 11.8. The Morgan fingerprint density at radius 1 is 1.42 bits per heavy atom. The Morgan fingerprint density at radius 3 is 2.58 bits per heavy atom. The molecule has 6 heteroatoms. The van der Waals surface area contributed by atoms with E-state index in [1.807, 2.05) is 0 Å². The average molecular weight is 266 g/mol. The summed E-state index contributed by atoms with van der Waals surface area (Å²) < 4.78 is 0. The average Bonchev–Trinajstić information content (AvgIpc) is 2.30. The van der Waals surface area contributed by atoms with Crippen LogP contribution in [-0.2, 0) is 0 Å². The Labute approximate surface area is 111 Å². The molecule has 0 aliphatic carbocycles. The molecule has 1 unspecified atom stereocenters. The maximum Gasteiger partial charge on any atom is 0.336 e. The molecule has 104 valence electrons. The zero-order valence-corrected chi connectivity index (χ0v) is 11.2. The number of hydrogen-bond donors (Lipinski definition) is 3. The third-order valence-electron chi connectivity index (χ3n) is 2.69. The van der Waals surface area contributed by atoms with E-state index in [0.717, 1.165) is 0 Å². The predicted octanol–water partition coefficient (Wildman–Crippen LogP) is 1.54. The highest BCUT2D eigenvalue weighted by Crippen LogP contribution is 2.19. The molecule has 0 heterocycles. The van der Waals surface area contributed by atoms with Crippen LogP contribution < -0.4 is 5.32 Å². The Balaban J connectivity index is 2.86. The van der Waals surface area contributed by atoms with E-state index in [2.05, 4.69) is 5.32 Å².